The molecule has 1 rings (SSSR count). The van der Waals surface area contributed by atoms with E-state index in [1.165, 1.54) is 12.1 Å². The lowest BCUT2D eigenvalue weighted by atomic mass is 10.4. The van der Waals surface area contributed by atoms with Crippen LogP contribution < -0.4 is 0 Å². The van der Waals surface area contributed by atoms with Crippen LogP contribution in [0.15, 0.2) is 41.8 Å². The molecular formula is C9H9O2S. The number of hydrogen-bond acceptors (Lipinski definition) is 2. The number of rotatable bonds is 3. The van der Waals surface area contributed by atoms with Gasteiger partial charge < -0.3 is 0 Å². The highest BCUT2D eigenvalue weighted by molar-refractivity contribution is 7.91. The Balaban J connectivity index is 3.07. The summed E-state index contributed by atoms with van der Waals surface area (Å²) in [5, 5.41) is 0. The van der Waals surface area contributed by atoms with E-state index in [1.807, 2.05) is 0 Å². The van der Waals surface area contributed by atoms with Crippen LogP contribution in [0.3, 0.4) is 0 Å². The molecule has 0 unspecified atom stereocenters. The molecule has 0 saturated heterocycles. The summed E-state index contributed by atoms with van der Waals surface area (Å²) < 4.78 is 22.7. The fourth-order valence-corrected chi connectivity index (χ4v) is 1.84. The van der Waals surface area contributed by atoms with Gasteiger partial charge in [-0.25, -0.2) is 8.42 Å². The molecule has 0 aliphatic heterocycles. The Hall–Kier alpha value is -1.09. The standard InChI is InChI=1S/C9H9O2S/c1-2-8-12(10,11)9-6-4-3-5-7-9/h2-6H,1,8H2. The Labute approximate surface area is 72.5 Å². The zero-order chi connectivity index (χ0) is 9.03. The maximum atomic E-state index is 11.3. The molecule has 0 heterocycles. The lowest BCUT2D eigenvalue weighted by molar-refractivity contribution is 0.599. The first kappa shape index (κ1) is 9.00. The fourth-order valence-electron chi connectivity index (χ4n) is 0.815. The van der Waals surface area contributed by atoms with E-state index in [0.717, 1.165) is 0 Å². The molecule has 63 valence electrons. The van der Waals surface area contributed by atoms with Crippen molar-refractivity contribution < 1.29 is 8.42 Å². The van der Waals surface area contributed by atoms with Gasteiger partial charge in [-0.05, 0) is 6.07 Å². The maximum absolute atomic E-state index is 11.3. The van der Waals surface area contributed by atoms with E-state index in [2.05, 4.69) is 12.6 Å². The first-order valence-electron chi connectivity index (χ1n) is 3.47. The molecule has 0 N–H and O–H groups in total. The molecule has 2 nitrogen and oxygen atoms in total. The Morgan fingerprint density at radius 3 is 2.75 bits per heavy atom. The first-order valence-corrected chi connectivity index (χ1v) is 5.12. The van der Waals surface area contributed by atoms with Crippen LogP contribution in [0, 0.1) is 6.07 Å². The maximum Gasteiger partial charge on any atom is 0.182 e. The molecule has 0 aliphatic rings. The van der Waals surface area contributed by atoms with Gasteiger partial charge in [-0.2, -0.15) is 0 Å². The summed E-state index contributed by atoms with van der Waals surface area (Å²) in [6.07, 6.45) is 1.37. The summed E-state index contributed by atoms with van der Waals surface area (Å²) in [5.74, 6) is -0.0342. The van der Waals surface area contributed by atoms with Gasteiger partial charge in [0.2, 0.25) is 0 Å². The summed E-state index contributed by atoms with van der Waals surface area (Å²) >= 11 is 0. The molecule has 0 spiro atoms. The van der Waals surface area contributed by atoms with E-state index in [1.54, 1.807) is 18.2 Å². The first-order chi connectivity index (χ1) is 5.67. The molecular weight excluding hydrogens is 172 g/mol. The van der Waals surface area contributed by atoms with Crippen molar-refractivity contribution in [3.63, 3.8) is 0 Å². The molecule has 0 fully saturated rings. The van der Waals surface area contributed by atoms with Crippen molar-refractivity contribution >= 4 is 9.84 Å². The Kier molecular flexibility index (Phi) is 2.65. The fraction of sp³-hybridized carbons (Fsp3) is 0.111. The van der Waals surface area contributed by atoms with E-state index in [0.29, 0.717) is 0 Å². The second-order valence-electron chi connectivity index (χ2n) is 2.30. The zero-order valence-electron chi connectivity index (χ0n) is 6.53. The molecule has 0 bridgehead atoms. The topological polar surface area (TPSA) is 34.1 Å². The smallest absolute Gasteiger partial charge is 0.182 e. The minimum absolute atomic E-state index is 0.0342. The van der Waals surface area contributed by atoms with Crippen LogP contribution in [0.2, 0.25) is 0 Å². The third-order valence-corrected chi connectivity index (χ3v) is 2.95. The number of sulfone groups is 1. The van der Waals surface area contributed by atoms with Crippen molar-refractivity contribution in [2.24, 2.45) is 0 Å². The SMILES string of the molecule is C=CCS(=O)(=O)c1[c]cccc1. The number of benzene rings is 1. The monoisotopic (exact) mass is 181 g/mol. The van der Waals surface area contributed by atoms with E-state index in [4.69, 9.17) is 0 Å². The van der Waals surface area contributed by atoms with Gasteiger partial charge >= 0.3 is 0 Å². The molecule has 1 radical (unpaired) electrons. The molecule has 0 atom stereocenters. The van der Waals surface area contributed by atoms with Gasteiger partial charge in [0.05, 0.1) is 10.6 Å². The quantitative estimate of drug-likeness (QED) is 0.661. The summed E-state index contributed by atoms with van der Waals surface area (Å²) in [4.78, 5) is 0.227. The third-order valence-electron chi connectivity index (χ3n) is 1.35. The van der Waals surface area contributed by atoms with Gasteiger partial charge in [0.15, 0.2) is 9.84 Å². The van der Waals surface area contributed by atoms with Crippen LogP contribution >= 0.6 is 0 Å². The molecule has 12 heavy (non-hydrogen) atoms. The minimum Gasteiger partial charge on any atom is -0.223 e. The Morgan fingerprint density at radius 2 is 2.25 bits per heavy atom. The Morgan fingerprint density at radius 1 is 1.50 bits per heavy atom. The summed E-state index contributed by atoms with van der Waals surface area (Å²) in [5.41, 5.74) is 0. The highest BCUT2D eigenvalue weighted by Crippen LogP contribution is 2.08. The predicted molar refractivity (Wildman–Crippen MR) is 47.5 cm³/mol. The third kappa shape index (κ3) is 1.95. The lowest BCUT2D eigenvalue weighted by Gasteiger charge is -1.98. The average Bonchev–Trinajstić information content (AvgIpc) is 2.06. The molecule has 1 aromatic rings. The van der Waals surface area contributed by atoms with Crippen molar-refractivity contribution in [3.8, 4) is 0 Å². The van der Waals surface area contributed by atoms with Crippen LogP contribution in [-0.4, -0.2) is 14.2 Å². The van der Waals surface area contributed by atoms with Gasteiger partial charge in [0, 0.05) is 6.07 Å². The molecule has 1 aromatic carbocycles. The van der Waals surface area contributed by atoms with E-state index < -0.39 is 9.84 Å². The van der Waals surface area contributed by atoms with Crippen molar-refractivity contribution in [1.82, 2.24) is 0 Å². The van der Waals surface area contributed by atoms with Gasteiger partial charge in [-0.1, -0.05) is 24.3 Å². The Bertz CT molecular complexity index is 351. The number of hydrogen-bond donors (Lipinski definition) is 0. The second kappa shape index (κ2) is 3.54. The molecule has 3 heteroatoms. The van der Waals surface area contributed by atoms with Gasteiger partial charge in [-0.15, -0.1) is 6.58 Å². The predicted octanol–water partition coefficient (Wildman–Crippen LogP) is 1.45. The van der Waals surface area contributed by atoms with Crippen molar-refractivity contribution in [1.29, 1.82) is 0 Å². The van der Waals surface area contributed by atoms with Crippen LogP contribution in [-0.2, 0) is 9.84 Å². The molecule has 0 amide bonds. The molecule has 0 saturated carbocycles. The van der Waals surface area contributed by atoms with Gasteiger partial charge in [-0.3, -0.25) is 0 Å². The van der Waals surface area contributed by atoms with Gasteiger partial charge in [0.25, 0.3) is 0 Å². The molecule has 0 aromatic heterocycles. The van der Waals surface area contributed by atoms with Crippen molar-refractivity contribution in [2.45, 2.75) is 4.90 Å². The summed E-state index contributed by atoms with van der Waals surface area (Å²) in [6, 6.07) is 9.17. The highest BCUT2D eigenvalue weighted by Gasteiger charge is 2.10. The van der Waals surface area contributed by atoms with Crippen LogP contribution in [0.4, 0.5) is 0 Å². The average molecular weight is 181 g/mol. The van der Waals surface area contributed by atoms with Crippen LogP contribution in [0.5, 0.6) is 0 Å². The lowest BCUT2D eigenvalue weighted by Crippen LogP contribution is -2.03. The summed E-state index contributed by atoms with van der Waals surface area (Å²) in [7, 11) is -3.18. The van der Waals surface area contributed by atoms with E-state index in [9.17, 15) is 8.42 Å². The summed E-state index contributed by atoms with van der Waals surface area (Å²) in [6.45, 7) is 3.38. The second-order valence-corrected chi connectivity index (χ2v) is 4.30. The highest BCUT2D eigenvalue weighted by atomic mass is 32.2. The molecule has 0 aliphatic carbocycles. The normalized spacial score (nSPS) is 11.0. The van der Waals surface area contributed by atoms with Crippen LogP contribution in [0.1, 0.15) is 0 Å². The van der Waals surface area contributed by atoms with Gasteiger partial charge in [0.1, 0.15) is 0 Å². The van der Waals surface area contributed by atoms with E-state index >= 15 is 0 Å². The zero-order valence-corrected chi connectivity index (χ0v) is 7.34. The van der Waals surface area contributed by atoms with E-state index in [-0.39, 0.29) is 10.6 Å². The largest absolute Gasteiger partial charge is 0.223 e. The minimum atomic E-state index is -3.18. The van der Waals surface area contributed by atoms with Crippen molar-refractivity contribution in [3.05, 3.63) is 43.0 Å². The van der Waals surface area contributed by atoms with Crippen molar-refractivity contribution in [2.75, 3.05) is 5.75 Å². The van der Waals surface area contributed by atoms with Crippen LogP contribution in [0.25, 0.3) is 0 Å².